The highest BCUT2D eigenvalue weighted by atomic mass is 16.5. The highest BCUT2D eigenvalue weighted by Gasteiger charge is 2.41. The number of imide groups is 1. The fraction of sp³-hybridized carbons (Fsp3) is 0.412. The lowest BCUT2D eigenvalue weighted by atomic mass is 10.0. The van der Waals surface area contributed by atoms with Crippen molar-refractivity contribution in [2.45, 2.75) is 32.9 Å². The molecule has 1 aliphatic rings. The van der Waals surface area contributed by atoms with Gasteiger partial charge in [0.2, 0.25) is 5.91 Å². The summed E-state index contributed by atoms with van der Waals surface area (Å²) in [7, 11) is 1.23. The maximum Gasteiger partial charge on any atom is 0.328 e. The minimum Gasteiger partial charge on any atom is -0.467 e. The Morgan fingerprint density at radius 3 is 1.96 bits per heavy atom. The topological polar surface area (TPSA) is 92.8 Å². The smallest absolute Gasteiger partial charge is 0.328 e. The van der Waals surface area contributed by atoms with Crippen LogP contribution in [-0.2, 0) is 14.3 Å². The van der Waals surface area contributed by atoms with E-state index in [0.717, 1.165) is 4.90 Å². The summed E-state index contributed by atoms with van der Waals surface area (Å²) >= 11 is 0. The van der Waals surface area contributed by atoms with Crippen LogP contribution in [0.15, 0.2) is 24.3 Å². The van der Waals surface area contributed by atoms with Gasteiger partial charge in [-0.2, -0.15) is 0 Å². The second kappa shape index (κ2) is 6.82. The highest BCUT2D eigenvalue weighted by molar-refractivity contribution is 6.22. The van der Waals surface area contributed by atoms with E-state index in [9.17, 15) is 19.2 Å². The van der Waals surface area contributed by atoms with Crippen molar-refractivity contribution in [1.29, 1.82) is 0 Å². The summed E-state index contributed by atoms with van der Waals surface area (Å²) in [5.74, 6) is -2.40. The molecule has 0 aromatic heterocycles. The van der Waals surface area contributed by atoms with Gasteiger partial charge in [-0.1, -0.05) is 26.0 Å². The molecule has 1 heterocycles. The number of carbonyl (C=O) groups excluding carboxylic acids is 4. The van der Waals surface area contributed by atoms with Crippen LogP contribution in [0.1, 0.15) is 41.5 Å². The molecule has 24 heavy (non-hydrogen) atoms. The van der Waals surface area contributed by atoms with Gasteiger partial charge in [0.15, 0.2) is 0 Å². The Balaban J connectivity index is 2.19. The molecule has 1 aliphatic heterocycles. The van der Waals surface area contributed by atoms with Gasteiger partial charge in [0, 0.05) is 0 Å². The Morgan fingerprint density at radius 2 is 1.54 bits per heavy atom. The summed E-state index contributed by atoms with van der Waals surface area (Å²) in [6.07, 6.45) is 0. The molecule has 7 nitrogen and oxygen atoms in total. The first-order valence-electron chi connectivity index (χ1n) is 7.64. The lowest BCUT2D eigenvalue weighted by molar-refractivity contribution is -0.146. The fourth-order valence-electron chi connectivity index (χ4n) is 2.58. The molecule has 1 aromatic carbocycles. The summed E-state index contributed by atoms with van der Waals surface area (Å²) in [4.78, 5) is 49.9. The summed E-state index contributed by atoms with van der Waals surface area (Å²) < 4.78 is 4.67. The van der Waals surface area contributed by atoms with Gasteiger partial charge >= 0.3 is 5.97 Å². The van der Waals surface area contributed by atoms with Crippen molar-refractivity contribution in [1.82, 2.24) is 10.2 Å². The highest BCUT2D eigenvalue weighted by Crippen LogP contribution is 2.24. The van der Waals surface area contributed by atoms with E-state index < -0.39 is 35.8 Å². The molecule has 0 spiro atoms. The third-order valence-corrected chi connectivity index (χ3v) is 4.01. The van der Waals surface area contributed by atoms with Crippen molar-refractivity contribution in [2.75, 3.05) is 7.11 Å². The molecule has 0 unspecified atom stereocenters. The zero-order valence-corrected chi connectivity index (χ0v) is 14.0. The maximum atomic E-state index is 12.4. The first-order valence-corrected chi connectivity index (χ1v) is 7.64. The number of nitrogens with one attached hydrogen (secondary N) is 1. The molecule has 0 fully saturated rings. The first-order chi connectivity index (χ1) is 11.3. The number of rotatable bonds is 5. The molecule has 1 N–H and O–H groups in total. The predicted molar refractivity (Wildman–Crippen MR) is 85.2 cm³/mol. The average Bonchev–Trinajstić information content (AvgIpc) is 2.82. The van der Waals surface area contributed by atoms with Gasteiger partial charge in [-0.05, 0) is 25.0 Å². The maximum absolute atomic E-state index is 12.4. The van der Waals surface area contributed by atoms with Crippen LogP contribution in [0.2, 0.25) is 0 Å². The molecular weight excluding hydrogens is 312 g/mol. The normalized spacial score (nSPS) is 16.0. The quantitative estimate of drug-likeness (QED) is 0.641. The standard InChI is InChI=1S/C17H20N2O5/c1-9(2)13(17(23)24-4)18-14(20)10(3)19-15(21)11-7-5-6-8-12(11)16(19)22/h5-10,13H,1-4H3,(H,18,20)/t10-,13+/m0/s1. The summed E-state index contributed by atoms with van der Waals surface area (Å²) in [6, 6.07) is 4.52. The van der Waals surface area contributed by atoms with E-state index >= 15 is 0 Å². The zero-order chi connectivity index (χ0) is 18.0. The zero-order valence-electron chi connectivity index (χ0n) is 14.0. The minimum atomic E-state index is -1.04. The number of carbonyl (C=O) groups is 4. The molecule has 3 amide bonds. The van der Waals surface area contributed by atoms with Gasteiger partial charge in [0.25, 0.3) is 11.8 Å². The molecule has 0 saturated carbocycles. The summed E-state index contributed by atoms with van der Waals surface area (Å²) in [5.41, 5.74) is 0.547. The summed E-state index contributed by atoms with van der Waals surface area (Å²) in [5, 5.41) is 2.55. The summed E-state index contributed by atoms with van der Waals surface area (Å²) in [6.45, 7) is 4.97. The van der Waals surface area contributed by atoms with Crippen molar-refractivity contribution in [3.63, 3.8) is 0 Å². The third-order valence-electron chi connectivity index (χ3n) is 4.01. The number of nitrogens with zero attached hydrogens (tertiary/aromatic N) is 1. The average molecular weight is 332 g/mol. The monoisotopic (exact) mass is 332 g/mol. The second-order valence-electron chi connectivity index (χ2n) is 5.96. The van der Waals surface area contributed by atoms with Crippen molar-refractivity contribution in [2.24, 2.45) is 5.92 Å². The van der Waals surface area contributed by atoms with Crippen LogP contribution in [-0.4, -0.2) is 47.8 Å². The Bertz CT molecular complexity index is 663. The lowest BCUT2D eigenvalue weighted by Crippen LogP contribution is -2.53. The van der Waals surface area contributed by atoms with E-state index in [1.54, 1.807) is 38.1 Å². The number of amides is 3. The van der Waals surface area contributed by atoms with E-state index in [1.165, 1.54) is 14.0 Å². The number of benzene rings is 1. The molecule has 128 valence electrons. The molecule has 0 bridgehead atoms. The van der Waals surface area contributed by atoms with Gasteiger partial charge < -0.3 is 10.1 Å². The van der Waals surface area contributed by atoms with Gasteiger partial charge in [0.1, 0.15) is 12.1 Å². The van der Waals surface area contributed by atoms with Gasteiger partial charge in [0.05, 0.1) is 18.2 Å². The number of esters is 1. The first kappa shape index (κ1) is 17.7. The van der Waals surface area contributed by atoms with Gasteiger partial charge in [-0.25, -0.2) is 4.79 Å². The van der Waals surface area contributed by atoms with Crippen LogP contribution in [0.5, 0.6) is 0 Å². The van der Waals surface area contributed by atoms with E-state index in [4.69, 9.17) is 0 Å². The largest absolute Gasteiger partial charge is 0.467 e. The molecular formula is C17H20N2O5. The van der Waals surface area contributed by atoms with Crippen molar-refractivity contribution in [3.05, 3.63) is 35.4 Å². The Hall–Kier alpha value is -2.70. The molecule has 0 radical (unpaired) electrons. The molecule has 2 rings (SSSR count). The molecule has 7 heteroatoms. The molecule has 2 atom stereocenters. The second-order valence-corrected chi connectivity index (χ2v) is 5.96. The van der Waals surface area contributed by atoms with Crippen LogP contribution < -0.4 is 5.32 Å². The Kier molecular flexibility index (Phi) is 5.02. The number of ether oxygens (including phenoxy) is 1. The van der Waals surface area contributed by atoms with E-state index in [2.05, 4.69) is 10.1 Å². The Labute approximate surface area is 140 Å². The van der Waals surface area contributed by atoms with E-state index in [0.29, 0.717) is 0 Å². The van der Waals surface area contributed by atoms with Crippen LogP contribution in [0.3, 0.4) is 0 Å². The van der Waals surface area contributed by atoms with Gasteiger partial charge in [-0.3, -0.25) is 19.3 Å². The van der Waals surface area contributed by atoms with Crippen molar-refractivity contribution >= 4 is 23.7 Å². The number of hydrogen-bond donors (Lipinski definition) is 1. The number of hydrogen-bond acceptors (Lipinski definition) is 5. The van der Waals surface area contributed by atoms with E-state index in [1.807, 2.05) is 0 Å². The third kappa shape index (κ3) is 3.02. The van der Waals surface area contributed by atoms with Crippen molar-refractivity contribution < 1.29 is 23.9 Å². The fourth-order valence-corrected chi connectivity index (χ4v) is 2.58. The van der Waals surface area contributed by atoms with Crippen LogP contribution in [0.4, 0.5) is 0 Å². The lowest BCUT2D eigenvalue weighted by Gasteiger charge is -2.25. The molecule has 0 saturated heterocycles. The minimum absolute atomic E-state index is 0.198. The molecule has 0 aliphatic carbocycles. The van der Waals surface area contributed by atoms with Crippen LogP contribution in [0.25, 0.3) is 0 Å². The van der Waals surface area contributed by atoms with Crippen LogP contribution in [0, 0.1) is 5.92 Å². The number of fused-ring (bicyclic) bond motifs is 1. The molecule has 1 aromatic rings. The van der Waals surface area contributed by atoms with Crippen LogP contribution >= 0.6 is 0 Å². The van der Waals surface area contributed by atoms with Crippen molar-refractivity contribution in [3.8, 4) is 0 Å². The predicted octanol–water partition coefficient (Wildman–Crippen LogP) is 0.985. The number of methoxy groups -OCH3 is 1. The van der Waals surface area contributed by atoms with Gasteiger partial charge in [-0.15, -0.1) is 0 Å². The van der Waals surface area contributed by atoms with E-state index in [-0.39, 0.29) is 17.0 Å². The SMILES string of the molecule is COC(=O)[C@H](NC(=O)[C@H](C)N1C(=O)c2ccccc2C1=O)C(C)C. The Morgan fingerprint density at radius 1 is 1.04 bits per heavy atom.